The zero-order chi connectivity index (χ0) is 15.7. The molecule has 0 aliphatic carbocycles. The number of benzene rings is 2. The van der Waals surface area contributed by atoms with Crippen molar-refractivity contribution in [2.24, 2.45) is 0 Å². The number of aryl methyl sites for hydroxylation is 1. The fourth-order valence-corrected chi connectivity index (χ4v) is 4.07. The van der Waals surface area contributed by atoms with Crippen LogP contribution in [-0.2, 0) is 9.84 Å². The first-order valence-corrected chi connectivity index (χ1v) is 8.38. The second-order valence-corrected chi connectivity index (χ2v) is 6.87. The van der Waals surface area contributed by atoms with Gasteiger partial charge in [0, 0.05) is 16.5 Å². The van der Waals surface area contributed by atoms with E-state index in [1.54, 1.807) is 43.5 Å². The molecule has 0 amide bonds. The van der Waals surface area contributed by atoms with Gasteiger partial charge in [-0.05, 0) is 42.8 Å². The lowest BCUT2D eigenvalue weighted by atomic mass is 10.0. The molecule has 0 atom stereocenters. The summed E-state index contributed by atoms with van der Waals surface area (Å²) in [7, 11) is -1.75. The molecule has 0 radical (unpaired) electrons. The van der Waals surface area contributed by atoms with Crippen LogP contribution in [-0.4, -0.2) is 22.1 Å². The molecule has 0 N–H and O–H groups in total. The van der Waals surface area contributed by atoms with Gasteiger partial charge in [0.15, 0.2) is 0 Å². The molecule has 2 aromatic carbocycles. The summed E-state index contributed by atoms with van der Waals surface area (Å²) in [6.07, 6.45) is 0. The fraction of sp³-hybridized carbons (Fsp3) is 0.176. The van der Waals surface area contributed by atoms with Gasteiger partial charge in [-0.1, -0.05) is 12.1 Å². The van der Waals surface area contributed by atoms with Crippen molar-refractivity contribution >= 4 is 15.4 Å². The number of ether oxygens (including phenoxy) is 2. The van der Waals surface area contributed by atoms with Gasteiger partial charge in [0.25, 0.3) is 0 Å². The van der Waals surface area contributed by atoms with Crippen LogP contribution in [0.2, 0.25) is 0 Å². The van der Waals surface area contributed by atoms with E-state index < -0.39 is 9.84 Å². The highest BCUT2D eigenvalue weighted by atomic mass is 32.2. The van der Waals surface area contributed by atoms with Gasteiger partial charge in [0.1, 0.15) is 18.1 Å². The second kappa shape index (κ2) is 5.50. The zero-order valence-corrected chi connectivity index (χ0v) is 13.2. The van der Waals surface area contributed by atoms with E-state index in [-0.39, 0.29) is 6.61 Å². The van der Waals surface area contributed by atoms with Crippen molar-refractivity contribution in [3.8, 4) is 11.5 Å². The van der Waals surface area contributed by atoms with E-state index in [4.69, 9.17) is 9.47 Å². The average molecular weight is 316 g/mol. The van der Waals surface area contributed by atoms with Gasteiger partial charge in [0.05, 0.1) is 12.0 Å². The van der Waals surface area contributed by atoms with Gasteiger partial charge < -0.3 is 9.47 Å². The Kier molecular flexibility index (Phi) is 3.66. The third-order valence-electron chi connectivity index (χ3n) is 3.61. The van der Waals surface area contributed by atoms with Crippen molar-refractivity contribution in [2.75, 3.05) is 13.7 Å². The monoisotopic (exact) mass is 316 g/mol. The van der Waals surface area contributed by atoms with Crippen molar-refractivity contribution < 1.29 is 17.9 Å². The molecule has 0 unspecified atom stereocenters. The summed E-state index contributed by atoms with van der Waals surface area (Å²) in [5, 5.41) is 1.30. The van der Waals surface area contributed by atoms with Crippen LogP contribution in [0, 0.1) is 6.92 Å². The Morgan fingerprint density at radius 3 is 2.36 bits per heavy atom. The van der Waals surface area contributed by atoms with Crippen LogP contribution < -0.4 is 9.47 Å². The van der Waals surface area contributed by atoms with Crippen molar-refractivity contribution in [3.63, 3.8) is 0 Å². The van der Waals surface area contributed by atoms with E-state index in [1.807, 2.05) is 13.0 Å². The highest BCUT2D eigenvalue weighted by Crippen LogP contribution is 2.35. The number of hydrogen-bond donors (Lipinski definition) is 0. The molecule has 0 spiro atoms. The molecule has 114 valence electrons. The van der Waals surface area contributed by atoms with Gasteiger partial charge in [-0.15, -0.1) is 0 Å². The number of rotatable bonds is 4. The molecule has 0 aromatic heterocycles. The van der Waals surface area contributed by atoms with E-state index >= 15 is 0 Å². The summed E-state index contributed by atoms with van der Waals surface area (Å²) in [5.41, 5.74) is 2.38. The molecule has 0 bridgehead atoms. The van der Waals surface area contributed by atoms with Gasteiger partial charge in [-0.25, -0.2) is 8.42 Å². The molecule has 4 nitrogen and oxygen atoms in total. The van der Waals surface area contributed by atoms with Crippen LogP contribution in [0.25, 0.3) is 5.57 Å². The first-order valence-electron chi connectivity index (χ1n) is 6.84. The third-order valence-corrected chi connectivity index (χ3v) is 5.16. The third kappa shape index (κ3) is 2.60. The van der Waals surface area contributed by atoms with Crippen molar-refractivity contribution in [1.29, 1.82) is 0 Å². The predicted octanol–water partition coefficient (Wildman–Crippen LogP) is 3.21. The van der Waals surface area contributed by atoms with E-state index in [9.17, 15) is 8.42 Å². The van der Waals surface area contributed by atoms with Crippen LogP contribution in [0.5, 0.6) is 11.5 Å². The molecule has 1 aliphatic rings. The van der Waals surface area contributed by atoms with Crippen molar-refractivity contribution in [2.45, 2.75) is 11.8 Å². The summed E-state index contributed by atoms with van der Waals surface area (Å²) in [6.45, 7) is 2.12. The zero-order valence-electron chi connectivity index (χ0n) is 12.4. The largest absolute Gasteiger partial charge is 0.497 e. The van der Waals surface area contributed by atoms with Gasteiger partial charge in [0.2, 0.25) is 9.84 Å². The predicted molar refractivity (Wildman–Crippen MR) is 84.8 cm³/mol. The summed E-state index contributed by atoms with van der Waals surface area (Å²) in [4.78, 5) is 0.362. The summed E-state index contributed by atoms with van der Waals surface area (Å²) in [5.74, 6) is 1.41. The number of methoxy groups -OCH3 is 1. The van der Waals surface area contributed by atoms with Gasteiger partial charge >= 0.3 is 0 Å². The minimum absolute atomic E-state index is 0.212. The maximum Gasteiger partial charge on any atom is 0.200 e. The Balaban J connectivity index is 1.85. The van der Waals surface area contributed by atoms with Crippen molar-refractivity contribution in [1.82, 2.24) is 0 Å². The Labute approximate surface area is 129 Å². The lowest BCUT2D eigenvalue weighted by molar-refractivity contribution is 0.367. The van der Waals surface area contributed by atoms with Crippen LogP contribution in [0.1, 0.15) is 11.1 Å². The summed E-state index contributed by atoms with van der Waals surface area (Å²) >= 11 is 0. The highest BCUT2D eigenvalue weighted by molar-refractivity contribution is 7.95. The quantitative estimate of drug-likeness (QED) is 0.869. The molecule has 3 rings (SSSR count). The van der Waals surface area contributed by atoms with E-state index in [0.29, 0.717) is 16.2 Å². The number of hydrogen-bond acceptors (Lipinski definition) is 4. The fourth-order valence-electron chi connectivity index (χ4n) is 2.54. The molecule has 0 saturated heterocycles. The maximum atomic E-state index is 12.2. The Morgan fingerprint density at radius 1 is 1.00 bits per heavy atom. The normalized spacial score (nSPS) is 15.1. The van der Waals surface area contributed by atoms with Crippen LogP contribution >= 0.6 is 0 Å². The number of sulfone groups is 1. The summed E-state index contributed by atoms with van der Waals surface area (Å²) in [6, 6.07) is 12.5. The Hall–Kier alpha value is -2.27. The molecule has 1 heterocycles. The van der Waals surface area contributed by atoms with E-state index in [2.05, 4.69) is 0 Å². The molecular formula is C17H16O4S. The molecule has 22 heavy (non-hydrogen) atoms. The van der Waals surface area contributed by atoms with Gasteiger partial charge in [-0.3, -0.25) is 0 Å². The first kappa shape index (κ1) is 14.7. The standard InChI is InChI=1S/C17H16O4S/c1-12-4-3-5-16-17(12)13(11-22(16,18)19)10-21-15-8-6-14(20-2)7-9-15/h3-9,11H,10H2,1-2H3. The number of fused-ring (bicyclic) bond motifs is 1. The minimum atomic E-state index is -3.35. The molecule has 1 aliphatic heterocycles. The Bertz CT molecular complexity index is 833. The molecule has 2 aromatic rings. The van der Waals surface area contributed by atoms with Crippen LogP contribution in [0.3, 0.4) is 0 Å². The highest BCUT2D eigenvalue weighted by Gasteiger charge is 2.28. The van der Waals surface area contributed by atoms with Crippen LogP contribution in [0.4, 0.5) is 0 Å². The SMILES string of the molecule is COc1ccc(OCC2=CS(=O)(=O)c3cccc(C)c32)cc1. The van der Waals surface area contributed by atoms with Gasteiger partial charge in [-0.2, -0.15) is 0 Å². The van der Waals surface area contributed by atoms with Crippen molar-refractivity contribution in [3.05, 3.63) is 59.0 Å². The smallest absolute Gasteiger partial charge is 0.200 e. The molecule has 0 saturated carbocycles. The lowest BCUT2D eigenvalue weighted by Crippen LogP contribution is -2.01. The van der Waals surface area contributed by atoms with Crippen LogP contribution in [0.15, 0.2) is 52.8 Å². The van der Waals surface area contributed by atoms with E-state index in [1.165, 1.54) is 5.41 Å². The molecule has 0 fully saturated rings. The maximum absolute atomic E-state index is 12.2. The molecular weight excluding hydrogens is 300 g/mol. The van der Waals surface area contributed by atoms with E-state index in [0.717, 1.165) is 16.9 Å². The topological polar surface area (TPSA) is 52.6 Å². The Morgan fingerprint density at radius 2 is 1.68 bits per heavy atom. The first-order chi connectivity index (χ1) is 10.5. The minimum Gasteiger partial charge on any atom is -0.497 e. The average Bonchev–Trinajstić information content (AvgIpc) is 2.78. The lowest BCUT2D eigenvalue weighted by Gasteiger charge is -2.10. The summed E-state index contributed by atoms with van der Waals surface area (Å²) < 4.78 is 35.1. The second-order valence-electron chi connectivity index (χ2n) is 5.10. The molecule has 5 heteroatoms.